The van der Waals surface area contributed by atoms with Crippen molar-refractivity contribution in [2.45, 2.75) is 39.7 Å². The first-order chi connectivity index (χ1) is 9.81. The zero-order chi connectivity index (χ0) is 15.7. The molecule has 0 aliphatic rings. The van der Waals surface area contributed by atoms with E-state index >= 15 is 0 Å². The third-order valence-corrected chi connectivity index (χ3v) is 3.52. The molecule has 112 valence electrons. The van der Waals surface area contributed by atoms with Crippen LogP contribution in [0.15, 0.2) is 35.4 Å². The van der Waals surface area contributed by atoms with Crippen molar-refractivity contribution in [3.8, 4) is 11.1 Å². The molecular formula is C17H19F2NO. The summed E-state index contributed by atoms with van der Waals surface area (Å²) >= 11 is 0. The number of nitrogens with zero attached hydrogens (tertiary/aromatic N) is 1. The molecule has 2 aromatic rings. The molecule has 0 radical (unpaired) electrons. The summed E-state index contributed by atoms with van der Waals surface area (Å²) in [4.78, 5) is 12.6. The summed E-state index contributed by atoms with van der Waals surface area (Å²) in [6.45, 7) is 7.89. The molecule has 0 atom stereocenters. The Labute approximate surface area is 123 Å². The molecule has 2 rings (SSSR count). The summed E-state index contributed by atoms with van der Waals surface area (Å²) in [6, 6.07) is 3.73. The fourth-order valence-electron chi connectivity index (χ4n) is 2.20. The van der Waals surface area contributed by atoms with Gasteiger partial charge in [-0.15, -0.1) is 0 Å². The van der Waals surface area contributed by atoms with Gasteiger partial charge in [0.2, 0.25) is 0 Å². The number of aromatic nitrogens is 1. The number of rotatable bonds is 3. The predicted octanol–water partition coefficient (Wildman–Crippen LogP) is 4.50. The van der Waals surface area contributed by atoms with Crippen molar-refractivity contribution in [3.05, 3.63) is 58.0 Å². The van der Waals surface area contributed by atoms with Crippen molar-refractivity contribution in [2.24, 2.45) is 0 Å². The zero-order valence-corrected chi connectivity index (χ0v) is 12.7. The number of hydrogen-bond acceptors (Lipinski definition) is 1. The Hall–Kier alpha value is -1.97. The number of benzene rings is 1. The van der Waals surface area contributed by atoms with Crippen LogP contribution in [0.3, 0.4) is 0 Å². The standard InChI is InChI=1S/C17H19F2NO/c1-10(2)13-8-20(11(3)4)9-14(17(13)21)12-5-6-15(18)16(19)7-12/h5-11H,1-4H3. The summed E-state index contributed by atoms with van der Waals surface area (Å²) in [5, 5.41) is 0. The Balaban J connectivity index is 2.72. The quantitative estimate of drug-likeness (QED) is 0.816. The molecule has 0 amide bonds. The predicted molar refractivity (Wildman–Crippen MR) is 80.5 cm³/mol. The smallest absolute Gasteiger partial charge is 0.192 e. The van der Waals surface area contributed by atoms with Gasteiger partial charge in [-0.1, -0.05) is 19.9 Å². The van der Waals surface area contributed by atoms with Crippen molar-refractivity contribution in [1.29, 1.82) is 0 Å². The van der Waals surface area contributed by atoms with E-state index < -0.39 is 11.6 Å². The van der Waals surface area contributed by atoms with E-state index in [0.29, 0.717) is 16.7 Å². The van der Waals surface area contributed by atoms with Crippen LogP contribution in [0, 0.1) is 11.6 Å². The first-order valence-corrected chi connectivity index (χ1v) is 7.02. The lowest BCUT2D eigenvalue weighted by Gasteiger charge is -2.17. The van der Waals surface area contributed by atoms with Gasteiger partial charge in [0.05, 0.1) is 0 Å². The molecule has 0 spiro atoms. The summed E-state index contributed by atoms with van der Waals surface area (Å²) in [5.41, 5.74) is 1.34. The van der Waals surface area contributed by atoms with Crippen LogP contribution in [0.25, 0.3) is 11.1 Å². The topological polar surface area (TPSA) is 22.0 Å². The van der Waals surface area contributed by atoms with Crippen molar-refractivity contribution in [1.82, 2.24) is 4.57 Å². The molecule has 0 aliphatic carbocycles. The molecule has 0 unspecified atom stereocenters. The second kappa shape index (κ2) is 5.80. The van der Waals surface area contributed by atoms with Gasteiger partial charge in [-0.3, -0.25) is 4.79 Å². The van der Waals surface area contributed by atoms with Crippen molar-refractivity contribution in [3.63, 3.8) is 0 Å². The molecule has 1 heterocycles. The molecular weight excluding hydrogens is 272 g/mol. The molecule has 2 nitrogen and oxygen atoms in total. The average molecular weight is 291 g/mol. The van der Waals surface area contributed by atoms with Gasteiger partial charge in [-0.05, 0) is 37.5 Å². The highest BCUT2D eigenvalue weighted by atomic mass is 19.2. The van der Waals surface area contributed by atoms with Crippen LogP contribution in [-0.4, -0.2) is 4.57 Å². The van der Waals surface area contributed by atoms with Crippen molar-refractivity contribution in [2.75, 3.05) is 0 Å². The first-order valence-electron chi connectivity index (χ1n) is 7.02. The molecule has 0 saturated heterocycles. The molecule has 0 fully saturated rings. The van der Waals surface area contributed by atoms with Gasteiger partial charge in [0.15, 0.2) is 17.1 Å². The second-order valence-electron chi connectivity index (χ2n) is 5.78. The van der Waals surface area contributed by atoms with E-state index in [1.165, 1.54) is 6.07 Å². The van der Waals surface area contributed by atoms with Crippen LogP contribution in [0.5, 0.6) is 0 Å². The van der Waals surface area contributed by atoms with E-state index in [4.69, 9.17) is 0 Å². The molecule has 4 heteroatoms. The zero-order valence-electron chi connectivity index (χ0n) is 12.7. The molecule has 21 heavy (non-hydrogen) atoms. The molecule has 0 aliphatic heterocycles. The maximum atomic E-state index is 13.4. The van der Waals surface area contributed by atoms with Crippen molar-refractivity contribution >= 4 is 0 Å². The van der Waals surface area contributed by atoms with Gasteiger partial charge in [-0.2, -0.15) is 0 Å². The Kier molecular flexibility index (Phi) is 4.26. The monoisotopic (exact) mass is 291 g/mol. The van der Waals surface area contributed by atoms with E-state index in [2.05, 4.69) is 0 Å². The highest BCUT2D eigenvalue weighted by Gasteiger charge is 2.14. The highest BCUT2D eigenvalue weighted by Crippen LogP contribution is 2.22. The third kappa shape index (κ3) is 3.04. The lowest BCUT2D eigenvalue weighted by Crippen LogP contribution is -2.18. The number of pyridine rings is 1. The Morgan fingerprint density at radius 1 is 1.00 bits per heavy atom. The minimum Gasteiger partial charge on any atom is -0.351 e. The minimum absolute atomic E-state index is 0.0627. The van der Waals surface area contributed by atoms with Gasteiger partial charge < -0.3 is 4.57 Å². The Morgan fingerprint density at radius 3 is 2.19 bits per heavy atom. The molecule has 0 bridgehead atoms. The Bertz CT molecular complexity index is 717. The van der Waals surface area contributed by atoms with E-state index in [0.717, 1.165) is 12.1 Å². The third-order valence-electron chi connectivity index (χ3n) is 3.52. The van der Waals surface area contributed by atoms with Gasteiger partial charge in [-0.25, -0.2) is 8.78 Å². The number of halogens is 2. The summed E-state index contributed by atoms with van der Waals surface area (Å²) < 4.78 is 28.4. The minimum atomic E-state index is -0.946. The lowest BCUT2D eigenvalue weighted by molar-refractivity contribution is 0.509. The van der Waals surface area contributed by atoms with Crippen LogP contribution in [0.1, 0.15) is 45.2 Å². The van der Waals surface area contributed by atoms with Crippen LogP contribution >= 0.6 is 0 Å². The van der Waals surface area contributed by atoms with E-state index in [1.807, 2.05) is 38.5 Å². The molecule has 1 aromatic carbocycles. The van der Waals surface area contributed by atoms with Gasteiger partial charge in [0, 0.05) is 29.6 Å². The SMILES string of the molecule is CC(C)c1cn(C(C)C)cc(-c2ccc(F)c(F)c2)c1=O. The van der Waals surface area contributed by atoms with Crippen LogP contribution in [-0.2, 0) is 0 Å². The van der Waals surface area contributed by atoms with Crippen molar-refractivity contribution < 1.29 is 8.78 Å². The van der Waals surface area contributed by atoms with E-state index in [9.17, 15) is 13.6 Å². The maximum absolute atomic E-state index is 13.4. The van der Waals surface area contributed by atoms with Crippen LogP contribution in [0.2, 0.25) is 0 Å². The lowest BCUT2D eigenvalue weighted by atomic mass is 9.99. The van der Waals surface area contributed by atoms with E-state index in [-0.39, 0.29) is 17.4 Å². The summed E-state index contributed by atoms with van der Waals surface area (Å²) in [7, 11) is 0. The molecule has 0 saturated carbocycles. The Morgan fingerprint density at radius 2 is 1.67 bits per heavy atom. The molecule has 1 aromatic heterocycles. The number of hydrogen-bond donors (Lipinski definition) is 0. The fraction of sp³-hybridized carbons (Fsp3) is 0.353. The fourth-order valence-corrected chi connectivity index (χ4v) is 2.20. The van der Waals surface area contributed by atoms with Gasteiger partial charge in [0.25, 0.3) is 0 Å². The van der Waals surface area contributed by atoms with E-state index in [1.54, 1.807) is 6.20 Å². The highest BCUT2D eigenvalue weighted by molar-refractivity contribution is 5.63. The van der Waals surface area contributed by atoms with Crippen LogP contribution < -0.4 is 5.43 Å². The summed E-state index contributed by atoms with van der Waals surface area (Å²) in [5.74, 6) is -1.80. The molecule has 0 N–H and O–H groups in total. The largest absolute Gasteiger partial charge is 0.351 e. The summed E-state index contributed by atoms with van der Waals surface area (Å²) in [6.07, 6.45) is 3.53. The van der Waals surface area contributed by atoms with Gasteiger partial charge in [0.1, 0.15) is 0 Å². The average Bonchev–Trinajstić information content (AvgIpc) is 2.41. The maximum Gasteiger partial charge on any atom is 0.192 e. The van der Waals surface area contributed by atoms with Crippen LogP contribution in [0.4, 0.5) is 8.78 Å². The van der Waals surface area contributed by atoms with Gasteiger partial charge >= 0.3 is 0 Å². The first kappa shape index (κ1) is 15.4. The second-order valence-corrected chi connectivity index (χ2v) is 5.78. The normalized spacial score (nSPS) is 11.4.